The molecule has 0 radical (unpaired) electrons. The number of benzene rings is 8. The van der Waals surface area contributed by atoms with E-state index in [4.69, 9.17) is 23.7 Å². The molecule has 0 saturated heterocycles. The van der Waals surface area contributed by atoms with Crippen LogP contribution in [0.3, 0.4) is 0 Å². The Labute approximate surface area is 333 Å². The number of methoxy groups -OCH3 is 1. The van der Waals surface area contributed by atoms with Crippen LogP contribution in [0.5, 0.6) is 28.7 Å². The normalized spacial score (nSPS) is 11.6. The predicted octanol–water partition coefficient (Wildman–Crippen LogP) is 11.7. The van der Waals surface area contributed by atoms with Gasteiger partial charge in [0.1, 0.15) is 61.3 Å². The highest BCUT2D eigenvalue weighted by Crippen LogP contribution is 2.46. The van der Waals surface area contributed by atoms with Crippen molar-refractivity contribution < 1.29 is 28.8 Å². The Balaban J connectivity index is 1.25. The number of fused-ring (bicyclic) bond motifs is 2. The summed E-state index contributed by atoms with van der Waals surface area (Å²) in [7, 11) is 1.65. The first-order chi connectivity index (χ1) is 28.0. The molecule has 0 aromatic heterocycles. The summed E-state index contributed by atoms with van der Waals surface area (Å²) >= 11 is 0. The minimum Gasteiger partial charge on any atom is -0.496 e. The molecule has 0 amide bonds. The summed E-state index contributed by atoms with van der Waals surface area (Å²) in [6.45, 7) is 3.48. The van der Waals surface area contributed by atoms with E-state index in [0.717, 1.165) is 55.1 Å². The lowest BCUT2D eigenvalue weighted by atomic mass is 9.90. The van der Waals surface area contributed by atoms with Gasteiger partial charge in [0.2, 0.25) is 0 Å². The zero-order valence-electron chi connectivity index (χ0n) is 32.1. The summed E-state index contributed by atoms with van der Waals surface area (Å²) in [5, 5.41) is 16.3. The number of rotatable bonds is 15. The van der Waals surface area contributed by atoms with E-state index in [2.05, 4.69) is 0 Å². The van der Waals surface area contributed by atoms with Crippen LogP contribution in [0, 0.1) is 6.92 Å². The van der Waals surface area contributed by atoms with Crippen LogP contribution in [0.2, 0.25) is 0 Å². The van der Waals surface area contributed by atoms with Crippen LogP contribution in [0.4, 0.5) is 0 Å². The van der Waals surface area contributed by atoms with Gasteiger partial charge in [-0.05, 0) is 87.3 Å². The van der Waals surface area contributed by atoms with E-state index in [9.17, 15) is 5.11 Å². The van der Waals surface area contributed by atoms with Gasteiger partial charge in [-0.25, -0.2) is 0 Å². The monoisotopic (exact) mass is 752 g/mol. The van der Waals surface area contributed by atoms with Crippen LogP contribution >= 0.6 is 0 Å². The van der Waals surface area contributed by atoms with Crippen molar-refractivity contribution >= 4 is 21.5 Å². The molecule has 8 rings (SSSR count). The Morgan fingerprint density at radius 1 is 0.456 bits per heavy atom. The maximum absolute atomic E-state index is 12.9. The summed E-state index contributed by atoms with van der Waals surface area (Å²) in [4.78, 5) is 0. The molecule has 1 N–H and O–H groups in total. The lowest BCUT2D eigenvalue weighted by Crippen LogP contribution is -2.09. The lowest BCUT2D eigenvalue weighted by Gasteiger charge is -2.24. The maximum atomic E-state index is 12.9. The number of aryl methyl sites for hydroxylation is 1. The lowest BCUT2D eigenvalue weighted by molar-refractivity contribution is 0.202. The maximum Gasteiger partial charge on any atom is 0.130 e. The third kappa shape index (κ3) is 8.72. The van der Waals surface area contributed by atoms with Crippen molar-refractivity contribution in [3.63, 3.8) is 0 Å². The number of aliphatic hydroxyl groups excluding tert-OH is 1. The third-order valence-electron chi connectivity index (χ3n) is 10.1. The molecule has 1 atom stereocenters. The molecule has 284 valence electrons. The van der Waals surface area contributed by atoms with Gasteiger partial charge in [0, 0.05) is 22.6 Å². The van der Waals surface area contributed by atoms with Crippen molar-refractivity contribution in [1.82, 2.24) is 0 Å². The highest BCUT2D eigenvalue weighted by atomic mass is 16.5. The summed E-state index contributed by atoms with van der Waals surface area (Å²) in [5.41, 5.74) is 6.27. The third-order valence-corrected chi connectivity index (χ3v) is 10.1. The van der Waals surface area contributed by atoms with Gasteiger partial charge >= 0.3 is 0 Å². The van der Waals surface area contributed by atoms with Crippen molar-refractivity contribution in [2.75, 3.05) is 7.11 Å². The molecule has 6 heteroatoms. The number of hydrogen-bond acceptors (Lipinski definition) is 6. The van der Waals surface area contributed by atoms with Gasteiger partial charge < -0.3 is 28.8 Å². The van der Waals surface area contributed by atoms with E-state index in [1.54, 1.807) is 7.11 Å². The molecule has 0 aliphatic rings. The minimum absolute atomic E-state index is 0.291. The summed E-state index contributed by atoms with van der Waals surface area (Å²) in [5.74, 6) is 3.09. The van der Waals surface area contributed by atoms with Gasteiger partial charge in [-0.2, -0.15) is 0 Å². The molecule has 6 nitrogen and oxygen atoms in total. The molecule has 0 heterocycles. The highest BCUT2D eigenvalue weighted by Gasteiger charge is 2.27. The SMILES string of the molecule is COc1cc(OCc2ccccc2)c(C(O)c2cc3ccc(OCc4ccccc4)cc3cc2OCc2ccccc2)c2cc(OCc3ccccc3)cc(C)c12. The highest BCUT2D eigenvalue weighted by molar-refractivity contribution is 5.97. The first kappa shape index (κ1) is 37.2. The van der Waals surface area contributed by atoms with Crippen LogP contribution in [0.25, 0.3) is 21.5 Å². The Hall–Kier alpha value is -6.76. The van der Waals surface area contributed by atoms with Crippen LogP contribution in [0.15, 0.2) is 170 Å². The van der Waals surface area contributed by atoms with Crippen molar-refractivity contribution in [3.8, 4) is 28.7 Å². The van der Waals surface area contributed by atoms with Gasteiger partial charge in [-0.1, -0.05) is 127 Å². The fraction of sp³-hybridized carbons (Fsp3) is 0.137. The second kappa shape index (κ2) is 17.4. The van der Waals surface area contributed by atoms with Gasteiger partial charge in [0.25, 0.3) is 0 Å². The van der Waals surface area contributed by atoms with Crippen LogP contribution in [0.1, 0.15) is 45.0 Å². The summed E-state index contributed by atoms with van der Waals surface area (Å²) < 4.78 is 31.8. The van der Waals surface area contributed by atoms with Gasteiger partial charge in [-0.15, -0.1) is 0 Å². The Morgan fingerprint density at radius 2 is 0.965 bits per heavy atom. The molecular formula is C51H44O6. The van der Waals surface area contributed by atoms with Crippen LogP contribution in [-0.4, -0.2) is 12.2 Å². The topological polar surface area (TPSA) is 66.4 Å². The molecule has 1 unspecified atom stereocenters. The van der Waals surface area contributed by atoms with E-state index in [0.29, 0.717) is 60.6 Å². The van der Waals surface area contributed by atoms with E-state index >= 15 is 0 Å². The van der Waals surface area contributed by atoms with Crippen molar-refractivity contribution in [2.24, 2.45) is 0 Å². The summed E-state index contributed by atoms with van der Waals surface area (Å²) in [6, 6.07) is 56.0. The zero-order chi connectivity index (χ0) is 39.0. The smallest absolute Gasteiger partial charge is 0.130 e. The van der Waals surface area contributed by atoms with E-state index in [-0.39, 0.29) is 0 Å². The number of ether oxygens (including phenoxy) is 5. The second-order valence-electron chi connectivity index (χ2n) is 14.1. The van der Waals surface area contributed by atoms with Crippen molar-refractivity contribution in [2.45, 2.75) is 39.5 Å². The Bertz CT molecular complexity index is 2570. The number of hydrogen-bond donors (Lipinski definition) is 1. The molecule has 0 bridgehead atoms. The number of aliphatic hydroxyl groups is 1. The second-order valence-corrected chi connectivity index (χ2v) is 14.1. The minimum atomic E-state index is -1.17. The van der Waals surface area contributed by atoms with E-state index < -0.39 is 6.10 Å². The molecule has 8 aromatic carbocycles. The van der Waals surface area contributed by atoms with Crippen LogP contribution in [-0.2, 0) is 26.4 Å². The van der Waals surface area contributed by atoms with Gasteiger partial charge in [0.05, 0.1) is 7.11 Å². The molecule has 0 fully saturated rings. The fourth-order valence-corrected chi connectivity index (χ4v) is 7.15. The zero-order valence-corrected chi connectivity index (χ0v) is 32.1. The van der Waals surface area contributed by atoms with Crippen molar-refractivity contribution in [3.05, 3.63) is 209 Å². The quantitative estimate of drug-likeness (QED) is 0.112. The predicted molar refractivity (Wildman–Crippen MR) is 226 cm³/mol. The van der Waals surface area contributed by atoms with Gasteiger partial charge in [-0.3, -0.25) is 0 Å². The average molecular weight is 753 g/mol. The first-order valence-corrected chi connectivity index (χ1v) is 19.1. The first-order valence-electron chi connectivity index (χ1n) is 19.1. The fourth-order valence-electron chi connectivity index (χ4n) is 7.15. The molecule has 0 saturated carbocycles. The summed E-state index contributed by atoms with van der Waals surface area (Å²) in [6.07, 6.45) is -1.17. The molecule has 0 spiro atoms. The standard InChI is InChI=1S/C51H44O6/c1-35-25-43(55-32-37-17-9-4-10-18-37)29-45-49(35)47(53-2)30-48(57-34-39-21-13-6-14-22-39)50(45)51(52)44-27-40-23-24-42(54-31-36-15-7-3-8-16-36)26-41(40)28-46(44)56-33-38-19-11-5-12-20-38/h3-30,51-52H,31-34H2,1-2H3. The molecular weight excluding hydrogens is 709 g/mol. The molecule has 8 aromatic rings. The molecule has 57 heavy (non-hydrogen) atoms. The van der Waals surface area contributed by atoms with Crippen LogP contribution < -0.4 is 23.7 Å². The molecule has 0 aliphatic heterocycles. The Morgan fingerprint density at radius 3 is 1.51 bits per heavy atom. The van der Waals surface area contributed by atoms with E-state index in [1.165, 1.54) is 0 Å². The average Bonchev–Trinajstić information content (AvgIpc) is 3.26. The van der Waals surface area contributed by atoms with E-state index in [1.807, 2.05) is 177 Å². The Kier molecular flexibility index (Phi) is 11.3. The molecule has 0 aliphatic carbocycles. The van der Waals surface area contributed by atoms with Crippen molar-refractivity contribution in [1.29, 1.82) is 0 Å². The van der Waals surface area contributed by atoms with Gasteiger partial charge in [0.15, 0.2) is 0 Å². The largest absolute Gasteiger partial charge is 0.496 e.